The predicted molar refractivity (Wildman–Crippen MR) is 131 cm³/mol. The summed E-state index contributed by atoms with van der Waals surface area (Å²) in [7, 11) is -4.26. The fraction of sp³-hybridized carbons (Fsp3) is 0.478. The molecule has 12 nitrogen and oxygen atoms in total. The number of aromatic nitrogens is 5. The van der Waals surface area contributed by atoms with Crippen LogP contribution in [0.1, 0.15) is 50.1 Å². The SMILES string of the molecule is Cc1cnc([C@H](OC(C)C)[C@H](C)S(=O)(=O)Nc2nnc3n2[C@H](CO)OCc2ccc(OC(F)(F)F)cc2-3)nc1. The zero-order chi connectivity index (χ0) is 28.5. The number of hydrogen-bond donors (Lipinski definition) is 2. The molecule has 0 saturated carbocycles. The van der Waals surface area contributed by atoms with Crippen LogP contribution in [0.3, 0.4) is 0 Å². The van der Waals surface area contributed by atoms with Crippen LogP contribution in [0, 0.1) is 6.92 Å². The van der Waals surface area contributed by atoms with Crippen LogP contribution >= 0.6 is 0 Å². The third-order valence-corrected chi connectivity index (χ3v) is 7.44. The number of halogens is 3. The van der Waals surface area contributed by atoms with Crippen molar-refractivity contribution in [2.75, 3.05) is 11.3 Å². The van der Waals surface area contributed by atoms with Gasteiger partial charge in [0.1, 0.15) is 17.1 Å². The number of benzene rings is 1. The van der Waals surface area contributed by atoms with Crippen LogP contribution in [0.25, 0.3) is 11.4 Å². The van der Waals surface area contributed by atoms with Crippen LogP contribution in [-0.2, 0) is 26.1 Å². The normalized spacial score (nSPS) is 17.2. The zero-order valence-corrected chi connectivity index (χ0v) is 22.2. The number of sulfonamides is 1. The fourth-order valence-corrected chi connectivity index (χ4v) is 5.00. The van der Waals surface area contributed by atoms with Crippen molar-refractivity contribution in [1.82, 2.24) is 24.7 Å². The Hall–Kier alpha value is -3.34. The van der Waals surface area contributed by atoms with Crippen LogP contribution in [0.5, 0.6) is 5.75 Å². The van der Waals surface area contributed by atoms with Crippen molar-refractivity contribution in [1.29, 1.82) is 0 Å². The minimum atomic E-state index is -4.93. The molecule has 0 spiro atoms. The first-order valence-electron chi connectivity index (χ1n) is 11.8. The van der Waals surface area contributed by atoms with E-state index in [1.54, 1.807) is 33.2 Å². The molecule has 3 heterocycles. The highest BCUT2D eigenvalue weighted by Crippen LogP contribution is 2.37. The van der Waals surface area contributed by atoms with Gasteiger partial charge in [0.15, 0.2) is 17.9 Å². The molecule has 0 aliphatic carbocycles. The lowest BCUT2D eigenvalue weighted by atomic mass is 10.1. The summed E-state index contributed by atoms with van der Waals surface area (Å²) in [6.45, 7) is 5.97. The van der Waals surface area contributed by atoms with E-state index in [9.17, 15) is 26.7 Å². The van der Waals surface area contributed by atoms with Gasteiger partial charge in [-0.15, -0.1) is 23.4 Å². The minimum Gasteiger partial charge on any atom is -0.406 e. The number of fused-ring (bicyclic) bond motifs is 3. The van der Waals surface area contributed by atoms with Crippen molar-refractivity contribution in [3.8, 4) is 17.1 Å². The lowest BCUT2D eigenvalue weighted by molar-refractivity contribution is -0.274. The fourth-order valence-electron chi connectivity index (χ4n) is 3.91. The highest BCUT2D eigenvalue weighted by molar-refractivity contribution is 7.93. The van der Waals surface area contributed by atoms with Crippen molar-refractivity contribution in [3.05, 3.63) is 47.5 Å². The van der Waals surface area contributed by atoms with E-state index in [1.165, 1.54) is 13.0 Å². The molecule has 2 N–H and O–H groups in total. The molecule has 16 heteroatoms. The lowest BCUT2D eigenvalue weighted by Gasteiger charge is -2.26. The second-order valence-electron chi connectivity index (χ2n) is 9.11. The average molecular weight is 573 g/mol. The molecule has 39 heavy (non-hydrogen) atoms. The monoisotopic (exact) mass is 572 g/mol. The van der Waals surface area contributed by atoms with Gasteiger partial charge >= 0.3 is 6.36 Å². The summed E-state index contributed by atoms with van der Waals surface area (Å²) in [5.41, 5.74) is 1.37. The molecule has 4 rings (SSSR count). The highest BCUT2D eigenvalue weighted by Gasteiger charge is 2.37. The van der Waals surface area contributed by atoms with E-state index in [-0.39, 0.29) is 35.9 Å². The van der Waals surface area contributed by atoms with E-state index < -0.39 is 46.3 Å². The number of ether oxygens (including phenoxy) is 3. The van der Waals surface area contributed by atoms with E-state index in [0.29, 0.717) is 5.56 Å². The summed E-state index contributed by atoms with van der Waals surface area (Å²) < 4.78 is 84.5. The Balaban J connectivity index is 1.71. The number of nitrogens with one attached hydrogen (secondary N) is 1. The average Bonchev–Trinajstić information content (AvgIpc) is 3.17. The molecule has 1 aliphatic heterocycles. The first kappa shape index (κ1) is 28.7. The third kappa shape index (κ3) is 6.46. The Kier molecular flexibility index (Phi) is 8.11. The van der Waals surface area contributed by atoms with Crippen LogP contribution in [0.15, 0.2) is 30.6 Å². The molecule has 0 fully saturated rings. The molecule has 1 aliphatic rings. The number of alkyl halides is 3. The van der Waals surface area contributed by atoms with Gasteiger partial charge in [0.05, 0.1) is 19.3 Å². The first-order chi connectivity index (χ1) is 18.3. The molecular formula is C23H27F3N6O6S. The molecule has 3 atom stereocenters. The number of nitrogens with zero attached hydrogens (tertiary/aromatic N) is 5. The molecule has 0 saturated heterocycles. The summed E-state index contributed by atoms with van der Waals surface area (Å²) in [6, 6.07) is 3.56. The van der Waals surface area contributed by atoms with Gasteiger partial charge in [-0.2, -0.15) is 0 Å². The molecule has 3 aromatic rings. The van der Waals surface area contributed by atoms with Gasteiger partial charge < -0.3 is 19.3 Å². The van der Waals surface area contributed by atoms with Gasteiger partial charge in [0, 0.05) is 18.0 Å². The van der Waals surface area contributed by atoms with E-state index in [4.69, 9.17) is 9.47 Å². The number of aryl methyl sites for hydroxylation is 1. The Bertz CT molecular complexity index is 1410. The molecule has 0 unspecified atom stereocenters. The maximum Gasteiger partial charge on any atom is 0.573 e. The molecule has 0 amide bonds. The topological polar surface area (TPSA) is 151 Å². The largest absolute Gasteiger partial charge is 0.573 e. The molecular weight excluding hydrogens is 545 g/mol. The number of anilines is 1. The highest BCUT2D eigenvalue weighted by atomic mass is 32.2. The lowest BCUT2D eigenvalue weighted by Crippen LogP contribution is -2.35. The summed E-state index contributed by atoms with van der Waals surface area (Å²) in [5, 5.41) is 16.7. The molecule has 212 valence electrons. The summed E-state index contributed by atoms with van der Waals surface area (Å²) in [6.07, 6.45) is -4.40. The standard InChI is InChI=1S/C23H27F3N6O6S/c1-12(2)37-19(20-27-8-13(3)9-28-20)14(4)39(34,35)31-22-30-29-21-17-7-16(38-23(24,25)26)6-5-15(17)11-36-18(10-33)32(21)22/h5-9,12,14,18-19,33H,10-11H2,1-4H3,(H,30,31)/t14-,18-,19+/m0/s1. The van der Waals surface area contributed by atoms with Gasteiger partial charge in [0.2, 0.25) is 16.0 Å². The molecule has 0 radical (unpaired) electrons. The minimum absolute atomic E-state index is 0.0311. The van der Waals surface area contributed by atoms with Gasteiger partial charge in [0.25, 0.3) is 0 Å². The van der Waals surface area contributed by atoms with Crippen molar-refractivity contribution in [2.24, 2.45) is 0 Å². The Morgan fingerprint density at radius 1 is 1.21 bits per heavy atom. The quantitative estimate of drug-likeness (QED) is 0.391. The second kappa shape index (κ2) is 11.0. The zero-order valence-electron chi connectivity index (χ0n) is 21.4. The van der Waals surface area contributed by atoms with Gasteiger partial charge in [-0.3, -0.25) is 9.29 Å². The van der Waals surface area contributed by atoms with Gasteiger partial charge in [-0.1, -0.05) is 6.07 Å². The number of aliphatic hydroxyl groups is 1. The van der Waals surface area contributed by atoms with Gasteiger partial charge in [-0.25, -0.2) is 18.4 Å². The number of aliphatic hydroxyl groups excluding tert-OH is 1. The van der Waals surface area contributed by atoms with Crippen molar-refractivity contribution >= 4 is 16.0 Å². The van der Waals surface area contributed by atoms with Crippen molar-refractivity contribution < 1.29 is 40.9 Å². The van der Waals surface area contributed by atoms with Crippen LogP contribution in [0.2, 0.25) is 0 Å². The first-order valence-corrected chi connectivity index (χ1v) is 13.4. The number of hydrogen-bond acceptors (Lipinski definition) is 10. The maximum absolute atomic E-state index is 13.5. The Morgan fingerprint density at radius 3 is 2.51 bits per heavy atom. The van der Waals surface area contributed by atoms with E-state index in [2.05, 4.69) is 29.6 Å². The summed E-state index contributed by atoms with van der Waals surface area (Å²) in [4.78, 5) is 8.45. The van der Waals surface area contributed by atoms with Gasteiger partial charge in [-0.05, 0) is 51.0 Å². The Labute approximate surface area is 222 Å². The van der Waals surface area contributed by atoms with Crippen molar-refractivity contribution in [2.45, 2.75) is 64.3 Å². The van der Waals surface area contributed by atoms with E-state index in [0.717, 1.165) is 22.3 Å². The second-order valence-corrected chi connectivity index (χ2v) is 11.1. The Morgan fingerprint density at radius 2 is 1.90 bits per heavy atom. The number of rotatable bonds is 9. The van der Waals surface area contributed by atoms with Crippen LogP contribution < -0.4 is 9.46 Å². The van der Waals surface area contributed by atoms with Crippen LogP contribution in [-0.4, -0.2) is 62.6 Å². The molecule has 0 bridgehead atoms. The summed E-state index contributed by atoms with van der Waals surface area (Å²) in [5.74, 6) is -0.703. The predicted octanol–water partition coefficient (Wildman–Crippen LogP) is 3.26. The van der Waals surface area contributed by atoms with Crippen LogP contribution in [0.4, 0.5) is 19.1 Å². The van der Waals surface area contributed by atoms with E-state index >= 15 is 0 Å². The summed E-state index contributed by atoms with van der Waals surface area (Å²) >= 11 is 0. The maximum atomic E-state index is 13.5. The molecule has 2 aromatic heterocycles. The molecule has 1 aromatic carbocycles. The van der Waals surface area contributed by atoms with Crippen molar-refractivity contribution in [3.63, 3.8) is 0 Å². The van der Waals surface area contributed by atoms with E-state index in [1.807, 2.05) is 0 Å². The third-order valence-electron chi connectivity index (χ3n) is 5.75. The smallest absolute Gasteiger partial charge is 0.406 e.